The van der Waals surface area contributed by atoms with Crippen LogP contribution in [0.2, 0.25) is 0 Å². The summed E-state index contributed by atoms with van der Waals surface area (Å²) in [6.45, 7) is 4.21. The third-order valence-electron chi connectivity index (χ3n) is 3.55. The number of Topliss-reactive ketones (excluding diaryl/α,β-unsaturated/α-hetero) is 2. The number of piperidine rings is 1. The number of hydrogen-bond donors (Lipinski definition) is 0. The van der Waals surface area contributed by atoms with E-state index in [1.54, 1.807) is 0 Å². The van der Waals surface area contributed by atoms with Gasteiger partial charge in [-0.25, -0.2) is 4.79 Å². The highest BCUT2D eigenvalue weighted by Crippen LogP contribution is 2.33. The number of rotatable bonds is 4. The van der Waals surface area contributed by atoms with Crippen LogP contribution in [0.1, 0.15) is 33.6 Å². The first-order valence-electron chi connectivity index (χ1n) is 7.07. The van der Waals surface area contributed by atoms with E-state index in [1.807, 2.05) is 6.92 Å². The number of halogens is 3. The average molecular weight is 323 g/mol. The Kier molecular flexibility index (Phi) is 5.59. The van der Waals surface area contributed by atoms with Crippen LogP contribution < -0.4 is 0 Å². The highest BCUT2D eigenvalue weighted by atomic mass is 19.4. The molecule has 1 saturated heterocycles. The lowest BCUT2D eigenvalue weighted by Crippen LogP contribution is -2.57. The van der Waals surface area contributed by atoms with E-state index >= 15 is 0 Å². The molecule has 0 bridgehead atoms. The standard InChI is InChI=1S/C14H20F3NO4/c1-4-5-6-22-12(21)18-7-9(11(20)14(15,16)17)10(19)13(2,3)8-18/h9H,4-8H2,1-3H3. The fourth-order valence-electron chi connectivity index (χ4n) is 2.33. The van der Waals surface area contributed by atoms with Gasteiger partial charge in [-0.05, 0) is 6.42 Å². The number of carbonyl (C=O) groups is 3. The maximum atomic E-state index is 12.6. The zero-order valence-corrected chi connectivity index (χ0v) is 12.8. The van der Waals surface area contributed by atoms with Crippen molar-refractivity contribution in [3.8, 4) is 0 Å². The molecule has 0 radical (unpaired) electrons. The lowest BCUT2D eigenvalue weighted by molar-refractivity contribution is -0.179. The first-order valence-corrected chi connectivity index (χ1v) is 7.07. The minimum absolute atomic E-state index is 0.0710. The molecule has 22 heavy (non-hydrogen) atoms. The molecule has 126 valence electrons. The summed E-state index contributed by atoms with van der Waals surface area (Å²) < 4.78 is 42.7. The molecule has 0 aromatic rings. The van der Waals surface area contributed by atoms with Crippen LogP contribution in [-0.2, 0) is 14.3 Å². The van der Waals surface area contributed by atoms with E-state index in [0.29, 0.717) is 6.42 Å². The Hall–Kier alpha value is -1.60. The molecule has 0 aliphatic carbocycles. The van der Waals surface area contributed by atoms with Gasteiger partial charge in [0.2, 0.25) is 5.78 Å². The fraction of sp³-hybridized carbons (Fsp3) is 0.786. The highest BCUT2D eigenvalue weighted by molar-refractivity contribution is 6.08. The van der Waals surface area contributed by atoms with E-state index in [2.05, 4.69) is 0 Å². The zero-order chi connectivity index (χ0) is 17.1. The highest BCUT2D eigenvalue weighted by Gasteiger charge is 2.53. The van der Waals surface area contributed by atoms with E-state index in [-0.39, 0.29) is 13.2 Å². The van der Waals surface area contributed by atoms with Gasteiger partial charge in [-0.3, -0.25) is 9.59 Å². The van der Waals surface area contributed by atoms with Crippen LogP contribution in [0.15, 0.2) is 0 Å². The van der Waals surface area contributed by atoms with Crippen molar-refractivity contribution in [2.45, 2.75) is 39.8 Å². The summed E-state index contributed by atoms with van der Waals surface area (Å²) in [5, 5.41) is 0. The summed E-state index contributed by atoms with van der Waals surface area (Å²) in [5.41, 5.74) is -1.23. The molecule has 8 heteroatoms. The number of ether oxygens (including phenoxy) is 1. The smallest absolute Gasteiger partial charge is 0.449 e. The zero-order valence-electron chi connectivity index (χ0n) is 12.8. The number of amides is 1. The molecule has 0 aromatic heterocycles. The van der Waals surface area contributed by atoms with E-state index in [0.717, 1.165) is 11.3 Å². The van der Waals surface area contributed by atoms with Crippen molar-refractivity contribution in [2.75, 3.05) is 19.7 Å². The topological polar surface area (TPSA) is 63.7 Å². The first kappa shape index (κ1) is 18.4. The number of unbranched alkanes of at least 4 members (excludes halogenated alkanes) is 1. The number of alkyl halides is 3. The molecule has 1 rings (SSSR count). The van der Waals surface area contributed by atoms with E-state index in [9.17, 15) is 27.6 Å². The van der Waals surface area contributed by atoms with Gasteiger partial charge in [0.05, 0.1) is 6.61 Å². The SMILES string of the molecule is CCCCOC(=O)N1CC(C(=O)C(F)(F)F)C(=O)C(C)(C)C1. The van der Waals surface area contributed by atoms with Gasteiger partial charge in [0.15, 0.2) is 5.78 Å². The molecule has 1 amide bonds. The molecule has 1 fully saturated rings. The van der Waals surface area contributed by atoms with Gasteiger partial charge in [-0.15, -0.1) is 0 Å². The fourth-order valence-corrected chi connectivity index (χ4v) is 2.33. The van der Waals surface area contributed by atoms with Crippen molar-refractivity contribution >= 4 is 17.7 Å². The van der Waals surface area contributed by atoms with Crippen molar-refractivity contribution in [1.29, 1.82) is 0 Å². The molecule has 1 atom stereocenters. The van der Waals surface area contributed by atoms with Crippen LogP contribution in [0.25, 0.3) is 0 Å². The van der Waals surface area contributed by atoms with E-state index in [4.69, 9.17) is 4.74 Å². The van der Waals surface area contributed by atoms with Crippen LogP contribution >= 0.6 is 0 Å². The maximum absolute atomic E-state index is 12.6. The van der Waals surface area contributed by atoms with E-state index in [1.165, 1.54) is 13.8 Å². The Labute approximate surface area is 126 Å². The molecule has 1 aliphatic heterocycles. The van der Waals surface area contributed by atoms with Crippen LogP contribution in [0.3, 0.4) is 0 Å². The second-order valence-electron chi connectivity index (χ2n) is 6.01. The Morgan fingerprint density at radius 2 is 1.95 bits per heavy atom. The molecule has 1 aliphatic rings. The monoisotopic (exact) mass is 323 g/mol. The van der Waals surface area contributed by atoms with Crippen molar-refractivity contribution in [2.24, 2.45) is 11.3 Å². The summed E-state index contributed by atoms with van der Waals surface area (Å²) in [6, 6.07) is 0. The summed E-state index contributed by atoms with van der Waals surface area (Å²) in [5.74, 6) is -4.80. The van der Waals surface area contributed by atoms with Crippen molar-refractivity contribution in [1.82, 2.24) is 4.90 Å². The molecule has 1 unspecified atom stereocenters. The van der Waals surface area contributed by atoms with Crippen LogP contribution in [0.4, 0.5) is 18.0 Å². The number of hydrogen-bond acceptors (Lipinski definition) is 4. The van der Waals surface area contributed by atoms with Gasteiger partial charge in [0, 0.05) is 18.5 Å². The molecule has 0 aromatic carbocycles. The quantitative estimate of drug-likeness (QED) is 0.589. The lowest BCUT2D eigenvalue weighted by Gasteiger charge is -2.39. The second kappa shape index (κ2) is 6.66. The second-order valence-corrected chi connectivity index (χ2v) is 6.01. The Morgan fingerprint density at radius 1 is 1.36 bits per heavy atom. The van der Waals surface area contributed by atoms with E-state index < -0.39 is 41.7 Å². The van der Waals surface area contributed by atoms with Gasteiger partial charge >= 0.3 is 12.3 Å². The molecular weight excluding hydrogens is 303 g/mol. The normalized spacial score (nSPS) is 21.6. The minimum atomic E-state index is -5.11. The Morgan fingerprint density at radius 3 is 2.45 bits per heavy atom. The van der Waals surface area contributed by atoms with Gasteiger partial charge in [-0.1, -0.05) is 27.2 Å². The minimum Gasteiger partial charge on any atom is -0.449 e. The summed E-state index contributed by atoms with van der Waals surface area (Å²) in [6.07, 6.45) is -4.47. The molecule has 5 nitrogen and oxygen atoms in total. The number of carbonyl (C=O) groups excluding carboxylic acids is 3. The summed E-state index contributed by atoms with van der Waals surface area (Å²) in [7, 11) is 0. The number of likely N-dealkylation sites (tertiary alicyclic amines) is 1. The van der Waals surface area contributed by atoms with Gasteiger partial charge < -0.3 is 9.64 Å². The Balaban J connectivity index is 2.89. The van der Waals surface area contributed by atoms with Gasteiger partial charge in [-0.2, -0.15) is 13.2 Å². The molecule has 0 spiro atoms. The molecule has 1 heterocycles. The van der Waals surface area contributed by atoms with Crippen molar-refractivity contribution in [3.05, 3.63) is 0 Å². The van der Waals surface area contributed by atoms with Crippen LogP contribution in [-0.4, -0.2) is 48.4 Å². The summed E-state index contributed by atoms with van der Waals surface area (Å²) >= 11 is 0. The largest absolute Gasteiger partial charge is 0.450 e. The van der Waals surface area contributed by atoms with Gasteiger partial charge in [0.1, 0.15) is 5.92 Å². The van der Waals surface area contributed by atoms with Crippen molar-refractivity contribution < 1.29 is 32.3 Å². The average Bonchev–Trinajstić information content (AvgIpc) is 2.39. The van der Waals surface area contributed by atoms with Gasteiger partial charge in [0.25, 0.3) is 0 Å². The summed E-state index contributed by atoms with van der Waals surface area (Å²) in [4.78, 5) is 36.4. The predicted octanol–water partition coefficient (Wildman–Crippen LogP) is 2.58. The predicted molar refractivity (Wildman–Crippen MR) is 71.2 cm³/mol. The lowest BCUT2D eigenvalue weighted by atomic mass is 9.75. The molecule has 0 saturated carbocycles. The van der Waals surface area contributed by atoms with Crippen LogP contribution in [0.5, 0.6) is 0 Å². The van der Waals surface area contributed by atoms with Crippen molar-refractivity contribution in [3.63, 3.8) is 0 Å². The molecular formula is C14H20F3NO4. The number of ketones is 2. The first-order chi connectivity index (χ1) is 10.0. The Bertz CT molecular complexity index is 451. The van der Waals surface area contributed by atoms with Crippen LogP contribution in [0, 0.1) is 11.3 Å². The number of nitrogens with zero attached hydrogens (tertiary/aromatic N) is 1. The third-order valence-corrected chi connectivity index (χ3v) is 3.55. The molecule has 0 N–H and O–H groups in total. The maximum Gasteiger partial charge on any atom is 0.450 e. The third kappa shape index (κ3) is 4.20.